The smallest absolute Gasteiger partial charge is 0.330 e. The van der Waals surface area contributed by atoms with Crippen molar-refractivity contribution in [3.8, 4) is 0 Å². The molecular weight excluding hydrogens is 184 g/mol. The highest BCUT2D eigenvalue weighted by molar-refractivity contribution is 5.81. The van der Waals surface area contributed by atoms with Crippen molar-refractivity contribution in [1.82, 2.24) is 0 Å². The number of ether oxygens (including phenoxy) is 3. The van der Waals surface area contributed by atoms with E-state index in [1.54, 1.807) is 13.0 Å². The summed E-state index contributed by atoms with van der Waals surface area (Å²) in [5.41, 5.74) is 0. The van der Waals surface area contributed by atoms with Crippen molar-refractivity contribution in [2.24, 2.45) is 0 Å². The van der Waals surface area contributed by atoms with E-state index < -0.39 is 0 Å². The van der Waals surface area contributed by atoms with Gasteiger partial charge in [-0.15, -0.1) is 0 Å². The summed E-state index contributed by atoms with van der Waals surface area (Å²) in [5.74, 6) is -0.324. The molecule has 1 aliphatic heterocycles. The summed E-state index contributed by atoms with van der Waals surface area (Å²) in [6, 6.07) is 0. The summed E-state index contributed by atoms with van der Waals surface area (Å²) in [6.07, 6.45) is 3.67. The van der Waals surface area contributed by atoms with Crippen molar-refractivity contribution in [2.45, 2.75) is 32.7 Å². The van der Waals surface area contributed by atoms with Gasteiger partial charge in [-0.1, -0.05) is 0 Å². The van der Waals surface area contributed by atoms with Gasteiger partial charge in [-0.3, -0.25) is 0 Å². The summed E-state index contributed by atoms with van der Waals surface area (Å²) in [4.78, 5) is 11.0. The van der Waals surface area contributed by atoms with Crippen LogP contribution in [-0.2, 0) is 19.0 Å². The first kappa shape index (κ1) is 11.2. The summed E-state index contributed by atoms with van der Waals surface area (Å²) in [7, 11) is 0. The normalized spacial score (nSPS) is 27.9. The highest BCUT2D eigenvalue weighted by Gasteiger charge is 2.16. The molecule has 0 spiro atoms. The molecule has 4 nitrogen and oxygen atoms in total. The quantitative estimate of drug-likeness (QED) is 0.508. The van der Waals surface area contributed by atoms with Gasteiger partial charge in [0.2, 0.25) is 0 Å². The molecule has 0 bridgehead atoms. The molecule has 14 heavy (non-hydrogen) atoms. The van der Waals surface area contributed by atoms with Gasteiger partial charge in [0, 0.05) is 12.5 Å². The Balaban J connectivity index is 2.31. The molecule has 80 valence electrons. The van der Waals surface area contributed by atoms with E-state index in [4.69, 9.17) is 14.2 Å². The lowest BCUT2D eigenvalue weighted by atomic mass is 10.2. The second-order valence-corrected chi connectivity index (χ2v) is 3.01. The van der Waals surface area contributed by atoms with Crippen molar-refractivity contribution < 1.29 is 19.0 Å². The fraction of sp³-hybridized carbons (Fsp3) is 0.700. The third kappa shape index (κ3) is 3.89. The topological polar surface area (TPSA) is 44.8 Å². The Kier molecular flexibility index (Phi) is 4.62. The standard InChI is InChI=1S/C10H16O4/c1-3-12-10(11)5-4-9-6-7-13-8(2)14-9/h4-5,8-9H,3,6-7H2,1-2H3/b5-4+/t8-,9+/m1/s1. The molecule has 0 saturated carbocycles. The first-order valence-electron chi connectivity index (χ1n) is 4.84. The van der Waals surface area contributed by atoms with Crippen LogP contribution in [0.5, 0.6) is 0 Å². The van der Waals surface area contributed by atoms with Crippen molar-refractivity contribution in [2.75, 3.05) is 13.2 Å². The minimum Gasteiger partial charge on any atom is -0.463 e. The largest absolute Gasteiger partial charge is 0.463 e. The fourth-order valence-corrected chi connectivity index (χ4v) is 1.22. The minimum absolute atomic E-state index is 0.0387. The lowest BCUT2D eigenvalue weighted by Crippen LogP contribution is -2.28. The van der Waals surface area contributed by atoms with E-state index in [1.807, 2.05) is 6.92 Å². The minimum atomic E-state index is -0.324. The molecule has 0 aliphatic carbocycles. The van der Waals surface area contributed by atoms with Crippen LogP contribution in [0.25, 0.3) is 0 Å². The van der Waals surface area contributed by atoms with Crippen molar-refractivity contribution >= 4 is 5.97 Å². The summed E-state index contributed by atoms with van der Waals surface area (Å²) in [6.45, 7) is 4.68. The van der Waals surface area contributed by atoms with E-state index in [0.29, 0.717) is 13.2 Å². The van der Waals surface area contributed by atoms with E-state index in [2.05, 4.69) is 0 Å². The predicted octanol–water partition coefficient (Wildman–Crippen LogP) is 1.26. The lowest BCUT2D eigenvalue weighted by Gasteiger charge is -2.25. The second-order valence-electron chi connectivity index (χ2n) is 3.01. The number of esters is 1. The first-order chi connectivity index (χ1) is 6.72. The maximum absolute atomic E-state index is 11.0. The molecule has 1 aliphatic rings. The van der Waals surface area contributed by atoms with Gasteiger partial charge in [-0.25, -0.2) is 4.79 Å². The number of carbonyl (C=O) groups excluding carboxylic acids is 1. The molecule has 1 fully saturated rings. The Bertz CT molecular complexity index is 212. The Hall–Kier alpha value is -0.870. The predicted molar refractivity (Wildman–Crippen MR) is 50.7 cm³/mol. The van der Waals surface area contributed by atoms with Gasteiger partial charge >= 0.3 is 5.97 Å². The number of rotatable bonds is 3. The van der Waals surface area contributed by atoms with E-state index in [9.17, 15) is 4.79 Å². The molecule has 0 aromatic carbocycles. The molecule has 0 radical (unpaired) electrons. The molecular formula is C10H16O4. The first-order valence-corrected chi connectivity index (χ1v) is 4.84. The van der Waals surface area contributed by atoms with Crippen LogP contribution in [0.3, 0.4) is 0 Å². The van der Waals surface area contributed by atoms with Gasteiger partial charge < -0.3 is 14.2 Å². The van der Waals surface area contributed by atoms with Gasteiger partial charge in [-0.2, -0.15) is 0 Å². The number of hydrogen-bond acceptors (Lipinski definition) is 4. The van der Waals surface area contributed by atoms with Crippen LogP contribution in [0, 0.1) is 0 Å². The zero-order chi connectivity index (χ0) is 10.4. The van der Waals surface area contributed by atoms with Crippen LogP contribution >= 0.6 is 0 Å². The second kappa shape index (κ2) is 5.78. The molecule has 0 unspecified atom stereocenters. The molecule has 1 saturated heterocycles. The Morgan fingerprint density at radius 3 is 3.07 bits per heavy atom. The van der Waals surface area contributed by atoms with Crippen LogP contribution in [-0.4, -0.2) is 31.6 Å². The molecule has 1 heterocycles. The molecule has 0 amide bonds. The van der Waals surface area contributed by atoms with Crippen LogP contribution in [0.4, 0.5) is 0 Å². The third-order valence-electron chi connectivity index (χ3n) is 1.85. The van der Waals surface area contributed by atoms with Crippen LogP contribution in [0.1, 0.15) is 20.3 Å². The highest BCUT2D eigenvalue weighted by Crippen LogP contribution is 2.12. The zero-order valence-electron chi connectivity index (χ0n) is 8.56. The average Bonchev–Trinajstić information content (AvgIpc) is 2.15. The lowest BCUT2D eigenvalue weighted by molar-refractivity contribution is -0.189. The van der Waals surface area contributed by atoms with Gasteiger partial charge in [-0.05, 0) is 19.9 Å². The summed E-state index contributed by atoms with van der Waals surface area (Å²) < 4.78 is 15.3. The molecule has 4 heteroatoms. The highest BCUT2D eigenvalue weighted by atomic mass is 16.7. The average molecular weight is 200 g/mol. The van der Waals surface area contributed by atoms with Crippen molar-refractivity contribution in [3.05, 3.63) is 12.2 Å². The Morgan fingerprint density at radius 1 is 1.64 bits per heavy atom. The molecule has 2 atom stereocenters. The molecule has 0 aromatic rings. The van der Waals surface area contributed by atoms with Gasteiger partial charge in [0.05, 0.1) is 19.3 Å². The third-order valence-corrected chi connectivity index (χ3v) is 1.85. The van der Waals surface area contributed by atoms with E-state index in [-0.39, 0.29) is 18.4 Å². The maximum atomic E-state index is 11.0. The number of carbonyl (C=O) groups is 1. The van der Waals surface area contributed by atoms with Gasteiger partial charge in [0.15, 0.2) is 6.29 Å². The monoisotopic (exact) mass is 200 g/mol. The van der Waals surface area contributed by atoms with Gasteiger partial charge in [0.1, 0.15) is 0 Å². The van der Waals surface area contributed by atoms with Gasteiger partial charge in [0.25, 0.3) is 0 Å². The van der Waals surface area contributed by atoms with Crippen molar-refractivity contribution in [3.63, 3.8) is 0 Å². The summed E-state index contributed by atoms with van der Waals surface area (Å²) in [5, 5.41) is 0. The summed E-state index contributed by atoms with van der Waals surface area (Å²) >= 11 is 0. The van der Waals surface area contributed by atoms with Crippen molar-refractivity contribution in [1.29, 1.82) is 0 Å². The maximum Gasteiger partial charge on any atom is 0.330 e. The van der Waals surface area contributed by atoms with E-state index >= 15 is 0 Å². The molecule has 1 rings (SSSR count). The fourth-order valence-electron chi connectivity index (χ4n) is 1.22. The van der Waals surface area contributed by atoms with Crippen LogP contribution in [0.15, 0.2) is 12.2 Å². The van der Waals surface area contributed by atoms with Crippen LogP contribution < -0.4 is 0 Å². The molecule has 0 aromatic heterocycles. The Labute approximate surface area is 83.8 Å². The number of hydrogen-bond donors (Lipinski definition) is 0. The SMILES string of the molecule is CCOC(=O)/C=C/[C@H]1CCO[C@@H](C)O1. The van der Waals surface area contributed by atoms with E-state index in [1.165, 1.54) is 6.08 Å². The molecule has 0 N–H and O–H groups in total. The zero-order valence-corrected chi connectivity index (χ0v) is 8.56. The van der Waals surface area contributed by atoms with Crippen LogP contribution in [0.2, 0.25) is 0 Å². The Morgan fingerprint density at radius 2 is 2.43 bits per heavy atom. The van der Waals surface area contributed by atoms with E-state index in [0.717, 1.165) is 6.42 Å².